The van der Waals surface area contributed by atoms with Gasteiger partial charge in [-0.3, -0.25) is 0 Å². The first-order valence-corrected chi connectivity index (χ1v) is 10.1. The molecule has 0 N–H and O–H groups in total. The Hall–Kier alpha value is -2.60. The van der Waals surface area contributed by atoms with Crippen LogP contribution in [0.1, 0.15) is 42.9 Å². The molecule has 1 aliphatic rings. The summed E-state index contributed by atoms with van der Waals surface area (Å²) in [5.74, 6) is 0.811. The van der Waals surface area contributed by atoms with Crippen molar-refractivity contribution in [1.29, 1.82) is 0 Å². The lowest BCUT2D eigenvalue weighted by Gasteiger charge is -2.20. The molecule has 3 aromatic rings. The van der Waals surface area contributed by atoms with Crippen LogP contribution in [0.2, 0.25) is 0 Å². The lowest BCUT2D eigenvalue weighted by Crippen LogP contribution is -2.01. The summed E-state index contributed by atoms with van der Waals surface area (Å²) in [6.45, 7) is 6.64. The highest BCUT2D eigenvalue weighted by atomic mass is 14.2. The predicted octanol–water partition coefficient (Wildman–Crippen LogP) is 7.84. The van der Waals surface area contributed by atoms with Gasteiger partial charge in [-0.15, -0.1) is 0 Å². The minimum absolute atomic E-state index is 0.811. The Morgan fingerprint density at radius 2 is 1.11 bits per heavy atom. The number of benzene rings is 3. The smallest absolute Gasteiger partial charge is 0.0172 e. The molecule has 0 heterocycles. The van der Waals surface area contributed by atoms with Crippen molar-refractivity contribution in [3.8, 4) is 22.3 Å². The quantitative estimate of drug-likeness (QED) is 0.450. The molecule has 0 unspecified atom stereocenters. The Morgan fingerprint density at radius 1 is 0.630 bits per heavy atom. The van der Waals surface area contributed by atoms with Crippen LogP contribution in [-0.4, -0.2) is 0 Å². The van der Waals surface area contributed by atoms with Gasteiger partial charge >= 0.3 is 0 Å². The minimum Gasteiger partial charge on any atom is -0.0805 e. The van der Waals surface area contributed by atoms with E-state index in [-0.39, 0.29) is 0 Å². The van der Waals surface area contributed by atoms with Crippen LogP contribution in [-0.2, 0) is 0 Å². The van der Waals surface area contributed by atoms with Crippen LogP contribution < -0.4 is 0 Å². The molecule has 0 saturated heterocycles. The van der Waals surface area contributed by atoms with Gasteiger partial charge in [-0.2, -0.15) is 0 Å². The molecule has 3 aromatic carbocycles. The van der Waals surface area contributed by atoms with E-state index in [0.717, 1.165) is 5.92 Å². The monoisotopic (exact) mass is 352 g/mol. The van der Waals surface area contributed by atoms with E-state index in [4.69, 9.17) is 0 Å². The Kier molecular flexibility index (Phi) is 4.99. The van der Waals surface area contributed by atoms with E-state index < -0.39 is 0 Å². The third-order valence-corrected chi connectivity index (χ3v) is 5.75. The lowest BCUT2D eigenvalue weighted by molar-refractivity contribution is 0.534. The molecule has 0 fully saturated rings. The summed E-state index contributed by atoms with van der Waals surface area (Å²) >= 11 is 0. The fourth-order valence-electron chi connectivity index (χ4n) is 3.87. The van der Waals surface area contributed by atoms with Gasteiger partial charge in [0.05, 0.1) is 0 Å². The van der Waals surface area contributed by atoms with E-state index in [2.05, 4.69) is 93.6 Å². The highest BCUT2D eigenvalue weighted by Gasteiger charge is 2.14. The normalized spacial score (nSPS) is 16.9. The fraction of sp³-hybridized carbons (Fsp3) is 0.259. The summed E-state index contributed by atoms with van der Waals surface area (Å²) in [5.41, 5.74) is 10.7. The summed E-state index contributed by atoms with van der Waals surface area (Å²) in [4.78, 5) is 0. The largest absolute Gasteiger partial charge is 0.0805 e. The van der Waals surface area contributed by atoms with Crippen LogP contribution in [0.3, 0.4) is 0 Å². The van der Waals surface area contributed by atoms with E-state index >= 15 is 0 Å². The van der Waals surface area contributed by atoms with Crippen molar-refractivity contribution in [1.82, 2.24) is 0 Å². The molecule has 0 saturated carbocycles. The SMILES string of the molecule is Cc1ccc(-c2cc(C3=CC[C@H](C)CC3)cc(-c3ccc(C)cc3)c2)cc1. The Morgan fingerprint density at radius 3 is 1.56 bits per heavy atom. The van der Waals surface area contributed by atoms with Crippen LogP contribution in [0.25, 0.3) is 27.8 Å². The molecule has 0 bridgehead atoms. The third kappa shape index (κ3) is 4.06. The maximum atomic E-state index is 2.46. The maximum Gasteiger partial charge on any atom is -0.0172 e. The van der Waals surface area contributed by atoms with Gasteiger partial charge in [0.15, 0.2) is 0 Å². The first-order valence-electron chi connectivity index (χ1n) is 10.1. The number of allylic oxidation sites excluding steroid dienone is 2. The standard InChI is InChI=1S/C27H28/c1-19-4-10-22(11-5-19)25-16-26(23-12-6-20(2)7-13-23)18-27(17-25)24-14-8-21(3)9-15-24/h4-7,10-14,16-18,21H,8-9,15H2,1-3H3/t21-/m0/s1. The Labute approximate surface area is 163 Å². The van der Waals surface area contributed by atoms with Gasteiger partial charge < -0.3 is 0 Å². The molecular weight excluding hydrogens is 324 g/mol. The molecule has 0 heteroatoms. The molecule has 1 atom stereocenters. The Balaban J connectivity index is 1.83. The molecule has 0 aliphatic heterocycles. The van der Waals surface area contributed by atoms with Gasteiger partial charge in [0, 0.05) is 0 Å². The topological polar surface area (TPSA) is 0 Å². The molecule has 0 spiro atoms. The summed E-state index contributed by atoms with van der Waals surface area (Å²) in [7, 11) is 0. The molecule has 136 valence electrons. The van der Waals surface area contributed by atoms with E-state index in [1.54, 1.807) is 0 Å². The van der Waals surface area contributed by atoms with Crippen molar-refractivity contribution in [3.63, 3.8) is 0 Å². The number of hydrogen-bond donors (Lipinski definition) is 0. The van der Waals surface area contributed by atoms with Crippen LogP contribution in [0.15, 0.2) is 72.8 Å². The second-order valence-corrected chi connectivity index (χ2v) is 8.14. The van der Waals surface area contributed by atoms with Gasteiger partial charge in [0.25, 0.3) is 0 Å². The number of hydrogen-bond acceptors (Lipinski definition) is 0. The first-order chi connectivity index (χ1) is 13.1. The molecule has 0 nitrogen and oxygen atoms in total. The second-order valence-electron chi connectivity index (χ2n) is 8.14. The summed E-state index contributed by atoms with van der Waals surface area (Å²) in [5, 5.41) is 0. The highest BCUT2D eigenvalue weighted by molar-refractivity contribution is 5.80. The van der Waals surface area contributed by atoms with Crippen LogP contribution >= 0.6 is 0 Å². The summed E-state index contributed by atoms with van der Waals surface area (Å²) in [6, 6.07) is 24.9. The second kappa shape index (κ2) is 7.56. The van der Waals surface area contributed by atoms with Crippen LogP contribution in [0.5, 0.6) is 0 Å². The molecule has 1 aliphatic carbocycles. The number of rotatable bonds is 3. The highest BCUT2D eigenvalue weighted by Crippen LogP contribution is 2.35. The van der Waals surface area contributed by atoms with Crippen molar-refractivity contribution >= 4 is 5.57 Å². The van der Waals surface area contributed by atoms with E-state index in [9.17, 15) is 0 Å². The van der Waals surface area contributed by atoms with Crippen molar-refractivity contribution in [2.45, 2.75) is 40.0 Å². The van der Waals surface area contributed by atoms with Crippen LogP contribution in [0.4, 0.5) is 0 Å². The van der Waals surface area contributed by atoms with Crippen LogP contribution in [0, 0.1) is 19.8 Å². The fourth-order valence-corrected chi connectivity index (χ4v) is 3.87. The molecule has 4 rings (SSSR count). The average Bonchev–Trinajstić information content (AvgIpc) is 2.69. The molecule has 0 aromatic heterocycles. The number of aryl methyl sites for hydroxylation is 2. The van der Waals surface area contributed by atoms with Crippen molar-refractivity contribution < 1.29 is 0 Å². The Bertz CT molecular complexity index is 892. The van der Waals surface area contributed by atoms with Gasteiger partial charge in [0.2, 0.25) is 0 Å². The maximum absolute atomic E-state index is 2.46. The summed E-state index contributed by atoms with van der Waals surface area (Å²) < 4.78 is 0. The van der Waals surface area contributed by atoms with Crippen molar-refractivity contribution in [2.75, 3.05) is 0 Å². The van der Waals surface area contributed by atoms with Gasteiger partial charge in [0.1, 0.15) is 0 Å². The van der Waals surface area contributed by atoms with Crippen molar-refractivity contribution in [2.24, 2.45) is 5.92 Å². The lowest BCUT2D eigenvalue weighted by atomic mass is 9.85. The van der Waals surface area contributed by atoms with Gasteiger partial charge in [-0.1, -0.05) is 72.7 Å². The van der Waals surface area contributed by atoms with Crippen molar-refractivity contribution in [3.05, 3.63) is 89.5 Å². The average molecular weight is 353 g/mol. The van der Waals surface area contributed by atoms with E-state index in [1.807, 2.05) is 0 Å². The molecule has 0 radical (unpaired) electrons. The minimum atomic E-state index is 0.811. The van der Waals surface area contributed by atoms with Gasteiger partial charge in [-0.25, -0.2) is 0 Å². The molecular formula is C27H28. The molecule has 0 amide bonds. The zero-order valence-corrected chi connectivity index (χ0v) is 16.6. The van der Waals surface area contributed by atoms with Gasteiger partial charge in [-0.05, 0) is 90.6 Å². The van der Waals surface area contributed by atoms with E-state index in [0.29, 0.717) is 0 Å². The zero-order chi connectivity index (χ0) is 18.8. The zero-order valence-electron chi connectivity index (χ0n) is 16.6. The first kappa shape index (κ1) is 17.8. The molecule has 27 heavy (non-hydrogen) atoms. The summed E-state index contributed by atoms with van der Waals surface area (Å²) in [6.07, 6.45) is 6.14. The third-order valence-electron chi connectivity index (χ3n) is 5.75. The van der Waals surface area contributed by atoms with E-state index in [1.165, 1.54) is 63.8 Å². The predicted molar refractivity (Wildman–Crippen MR) is 118 cm³/mol.